The highest BCUT2D eigenvalue weighted by Gasteiger charge is 2.46. The van der Waals surface area contributed by atoms with Gasteiger partial charge in [0, 0.05) is 12.1 Å². The predicted octanol–water partition coefficient (Wildman–Crippen LogP) is 0.0537. The minimum atomic E-state index is -1.51. The van der Waals surface area contributed by atoms with Gasteiger partial charge in [-0.25, -0.2) is 4.79 Å². The molecule has 0 aromatic carbocycles. The molecule has 6 N–H and O–H groups in total. The number of fused-ring (bicyclic) bond motifs is 1. The summed E-state index contributed by atoms with van der Waals surface area (Å²) in [4.78, 5) is 93.0. The summed E-state index contributed by atoms with van der Waals surface area (Å²) in [5, 5.41) is 20.1. The van der Waals surface area contributed by atoms with Crippen LogP contribution in [0.25, 0.3) is 0 Å². The molecule has 0 unspecified atom stereocenters. The van der Waals surface area contributed by atoms with Crippen molar-refractivity contribution in [2.24, 2.45) is 17.6 Å². The third-order valence-electron chi connectivity index (χ3n) is 7.77. The molecule has 49 heavy (non-hydrogen) atoms. The Morgan fingerprint density at radius 2 is 1.63 bits per heavy atom. The third-order valence-corrected chi connectivity index (χ3v) is 7.77. The number of hydrogen-bond donors (Lipinski definition) is 5. The molecule has 2 aliphatic heterocycles. The highest BCUT2D eigenvalue weighted by molar-refractivity contribution is 5.98. The molecule has 0 aromatic heterocycles. The second kappa shape index (κ2) is 17.8. The van der Waals surface area contributed by atoms with E-state index < -0.39 is 89.6 Å². The molecule has 272 valence electrons. The van der Waals surface area contributed by atoms with Crippen LogP contribution in [0.1, 0.15) is 87.5 Å². The van der Waals surface area contributed by atoms with Gasteiger partial charge in [0.05, 0.1) is 31.2 Å². The fourth-order valence-electron chi connectivity index (χ4n) is 5.59. The Bertz CT molecular complexity index is 1360. The number of nitriles is 1. The van der Waals surface area contributed by atoms with Crippen molar-refractivity contribution in [2.45, 2.75) is 123 Å². The van der Waals surface area contributed by atoms with Gasteiger partial charge in [-0.15, -0.1) is 0 Å². The molecule has 16 heteroatoms. The number of carbonyl (C=O) groups excluding carboxylic acids is 7. The van der Waals surface area contributed by atoms with Gasteiger partial charge >= 0.3 is 11.9 Å². The van der Waals surface area contributed by atoms with E-state index in [4.69, 9.17) is 15.2 Å². The first-order chi connectivity index (χ1) is 22.8. The topological polar surface area (TPSA) is 239 Å². The fourth-order valence-corrected chi connectivity index (χ4v) is 5.59. The molecule has 1 saturated heterocycles. The molecular weight excluding hydrogens is 638 g/mol. The average Bonchev–Trinajstić information content (AvgIpc) is 3.45. The second-order valence-corrected chi connectivity index (χ2v) is 13.9. The summed E-state index contributed by atoms with van der Waals surface area (Å²) < 4.78 is 10.5. The van der Waals surface area contributed by atoms with Gasteiger partial charge in [-0.3, -0.25) is 33.7 Å². The average molecular weight is 690 g/mol. The van der Waals surface area contributed by atoms with Crippen LogP contribution in [-0.2, 0) is 43.0 Å². The van der Waals surface area contributed by atoms with Crippen molar-refractivity contribution in [3.05, 3.63) is 11.3 Å². The minimum absolute atomic E-state index is 0.0379. The molecular formula is C33H51N7O9. The lowest BCUT2D eigenvalue weighted by atomic mass is 9.96. The monoisotopic (exact) mass is 689 g/mol. The van der Waals surface area contributed by atoms with Crippen LogP contribution in [0.3, 0.4) is 0 Å². The maximum absolute atomic E-state index is 13.7. The first-order valence-electron chi connectivity index (χ1n) is 16.6. The number of esters is 2. The number of hydrogen-bond acceptors (Lipinski definition) is 11. The number of nitrogens with two attached hydrogens (primary N) is 1. The Labute approximate surface area is 287 Å². The molecule has 5 amide bonds. The van der Waals surface area contributed by atoms with Gasteiger partial charge in [0.1, 0.15) is 35.8 Å². The van der Waals surface area contributed by atoms with E-state index >= 15 is 0 Å². The van der Waals surface area contributed by atoms with Crippen LogP contribution in [0.2, 0.25) is 0 Å². The summed E-state index contributed by atoms with van der Waals surface area (Å²) in [7, 11) is 0. The van der Waals surface area contributed by atoms with Crippen molar-refractivity contribution in [1.82, 2.24) is 26.2 Å². The van der Waals surface area contributed by atoms with Gasteiger partial charge in [-0.1, -0.05) is 27.7 Å². The van der Waals surface area contributed by atoms with Crippen molar-refractivity contribution in [3.63, 3.8) is 0 Å². The largest absolute Gasteiger partial charge is 0.464 e. The summed E-state index contributed by atoms with van der Waals surface area (Å²) in [6, 6.07) is -3.90. The zero-order valence-corrected chi connectivity index (χ0v) is 29.6. The van der Waals surface area contributed by atoms with E-state index in [1.54, 1.807) is 41.5 Å². The second-order valence-electron chi connectivity index (χ2n) is 13.9. The van der Waals surface area contributed by atoms with Gasteiger partial charge < -0.3 is 36.5 Å². The number of rotatable bonds is 15. The zero-order chi connectivity index (χ0) is 37.2. The maximum atomic E-state index is 13.7. The quantitative estimate of drug-likeness (QED) is 0.144. The van der Waals surface area contributed by atoms with Gasteiger partial charge in [0.2, 0.25) is 23.6 Å². The number of nitrogens with zero attached hydrogens (tertiary/aromatic N) is 2. The standard InChI is InChI=1S/C33H51N7O9/c1-9-48-32(47)24-11-10-23-19(15-34)13-22(31(46)40(23)24)38-30(45)27(18(4)5)39-29(44)21(14-26(42)49-33(6,7)8)37-28(43)20(12-17(2)3)36-25(41)16-35/h17-18,20-22,24,27H,9-14,16,35H2,1-8H3,(H,36,41)(H,37,43)(H,38,45)(H,39,44)/t20-,21-,22-,24-,27-/m0/s1. The Morgan fingerprint density at radius 3 is 2.16 bits per heavy atom. The summed E-state index contributed by atoms with van der Waals surface area (Å²) >= 11 is 0. The van der Waals surface area contributed by atoms with Gasteiger partial charge in [-0.2, -0.15) is 5.26 Å². The summed E-state index contributed by atoms with van der Waals surface area (Å²) in [5.41, 5.74) is 5.19. The van der Waals surface area contributed by atoms with Crippen molar-refractivity contribution in [2.75, 3.05) is 13.2 Å². The summed E-state index contributed by atoms with van der Waals surface area (Å²) in [5.74, 6) is -5.56. The molecule has 0 aromatic rings. The Hall–Kier alpha value is -4.52. The SMILES string of the molecule is CCOC(=O)[C@@H]1CCC2=C(C#N)C[C@H](NC(=O)[C@@H](NC(=O)[C@H](CC(=O)OC(C)(C)C)NC(=O)[C@H](CC(C)C)NC(=O)CN)C(C)C)C(=O)N21. The number of carbonyl (C=O) groups is 7. The van der Waals surface area contributed by atoms with Crippen molar-refractivity contribution < 1.29 is 43.0 Å². The third kappa shape index (κ3) is 11.6. The van der Waals surface area contributed by atoms with Gasteiger partial charge in [-0.05, 0) is 58.8 Å². The molecule has 0 aliphatic carbocycles. The summed E-state index contributed by atoms with van der Waals surface area (Å²) in [6.45, 7) is 13.2. The highest BCUT2D eigenvalue weighted by Crippen LogP contribution is 2.36. The number of amides is 5. The molecule has 0 spiro atoms. The molecule has 0 radical (unpaired) electrons. The van der Waals surface area contributed by atoms with Crippen LogP contribution in [0.5, 0.6) is 0 Å². The van der Waals surface area contributed by atoms with Crippen LogP contribution >= 0.6 is 0 Å². The van der Waals surface area contributed by atoms with Crippen LogP contribution in [0.15, 0.2) is 11.3 Å². The predicted molar refractivity (Wildman–Crippen MR) is 175 cm³/mol. The van der Waals surface area contributed by atoms with E-state index in [-0.39, 0.29) is 43.9 Å². The van der Waals surface area contributed by atoms with Crippen molar-refractivity contribution >= 4 is 41.5 Å². The maximum Gasteiger partial charge on any atom is 0.329 e. The van der Waals surface area contributed by atoms with E-state index in [0.29, 0.717) is 12.1 Å². The van der Waals surface area contributed by atoms with Crippen LogP contribution in [0, 0.1) is 23.2 Å². The Balaban J connectivity index is 2.32. The molecule has 5 atom stereocenters. The highest BCUT2D eigenvalue weighted by atomic mass is 16.6. The van der Waals surface area contributed by atoms with Crippen molar-refractivity contribution in [3.8, 4) is 6.07 Å². The smallest absolute Gasteiger partial charge is 0.329 e. The lowest BCUT2D eigenvalue weighted by molar-refractivity contribution is -0.156. The van der Waals surface area contributed by atoms with E-state index in [1.807, 2.05) is 13.8 Å². The van der Waals surface area contributed by atoms with E-state index in [2.05, 4.69) is 27.3 Å². The lowest BCUT2D eigenvalue weighted by Gasteiger charge is -2.34. The van der Waals surface area contributed by atoms with E-state index in [0.717, 1.165) is 0 Å². The minimum Gasteiger partial charge on any atom is -0.464 e. The van der Waals surface area contributed by atoms with E-state index in [1.165, 1.54) is 4.90 Å². The zero-order valence-electron chi connectivity index (χ0n) is 29.6. The summed E-state index contributed by atoms with van der Waals surface area (Å²) in [6.07, 6.45) is 0.103. The molecule has 0 bridgehead atoms. The lowest BCUT2D eigenvalue weighted by Crippen LogP contribution is -2.61. The van der Waals surface area contributed by atoms with E-state index in [9.17, 15) is 38.8 Å². The molecule has 2 aliphatic rings. The first kappa shape index (κ1) is 40.7. The molecule has 2 rings (SSSR count). The van der Waals surface area contributed by atoms with Gasteiger partial charge in [0.15, 0.2) is 0 Å². The number of allylic oxidation sites excluding steroid dienone is 1. The normalized spacial score (nSPS) is 19.3. The Kier molecular flexibility index (Phi) is 14.7. The number of ether oxygens (including phenoxy) is 2. The van der Waals surface area contributed by atoms with Gasteiger partial charge in [0.25, 0.3) is 5.91 Å². The van der Waals surface area contributed by atoms with Crippen LogP contribution in [0.4, 0.5) is 0 Å². The van der Waals surface area contributed by atoms with Crippen molar-refractivity contribution in [1.29, 1.82) is 5.26 Å². The fraction of sp³-hybridized carbons (Fsp3) is 0.697. The van der Waals surface area contributed by atoms with Crippen LogP contribution in [-0.4, -0.2) is 95.3 Å². The molecule has 16 nitrogen and oxygen atoms in total. The Morgan fingerprint density at radius 1 is 1.00 bits per heavy atom. The number of nitrogens with one attached hydrogen (secondary N) is 4. The molecule has 2 heterocycles. The first-order valence-corrected chi connectivity index (χ1v) is 16.6. The van der Waals surface area contributed by atoms with Crippen LogP contribution < -0.4 is 27.0 Å². The molecule has 0 saturated carbocycles. The molecule has 1 fully saturated rings.